The Morgan fingerprint density at radius 3 is 2.65 bits per heavy atom. The van der Waals surface area contributed by atoms with E-state index in [0.717, 1.165) is 35.2 Å². The minimum absolute atomic E-state index is 0.513. The van der Waals surface area contributed by atoms with E-state index in [-0.39, 0.29) is 0 Å². The van der Waals surface area contributed by atoms with Gasteiger partial charge in [-0.3, -0.25) is 4.68 Å². The van der Waals surface area contributed by atoms with Gasteiger partial charge in [0.15, 0.2) is 0 Å². The lowest BCUT2D eigenvalue weighted by atomic mass is 10.2. The Morgan fingerprint density at radius 2 is 2.00 bits per heavy atom. The van der Waals surface area contributed by atoms with E-state index in [1.807, 2.05) is 0 Å². The quantitative estimate of drug-likeness (QED) is 0.811. The third-order valence-electron chi connectivity index (χ3n) is 3.61. The van der Waals surface area contributed by atoms with Crippen molar-refractivity contribution >= 4 is 21.6 Å². The van der Waals surface area contributed by atoms with E-state index < -0.39 is 0 Å². The van der Waals surface area contributed by atoms with Crippen molar-refractivity contribution in [2.45, 2.75) is 46.2 Å². The van der Waals surface area contributed by atoms with E-state index in [1.165, 1.54) is 5.56 Å². The zero-order valence-electron chi connectivity index (χ0n) is 12.4. The minimum atomic E-state index is 0.513. The highest BCUT2D eigenvalue weighted by Gasteiger charge is 2.07. The second kappa shape index (κ2) is 6.93. The second-order valence-electron chi connectivity index (χ2n) is 5.07. The monoisotopic (exact) mass is 335 g/mol. The number of rotatable bonds is 6. The molecule has 1 aromatic carbocycles. The highest BCUT2D eigenvalue weighted by atomic mass is 79.9. The van der Waals surface area contributed by atoms with E-state index >= 15 is 0 Å². The maximum atomic E-state index is 4.65. The van der Waals surface area contributed by atoms with Gasteiger partial charge in [-0.15, -0.1) is 0 Å². The molecule has 0 atom stereocenters. The van der Waals surface area contributed by atoms with Crippen LogP contribution in [0.2, 0.25) is 0 Å². The van der Waals surface area contributed by atoms with Crippen molar-refractivity contribution in [1.29, 1.82) is 0 Å². The van der Waals surface area contributed by atoms with Crippen LogP contribution < -0.4 is 5.32 Å². The van der Waals surface area contributed by atoms with E-state index in [4.69, 9.17) is 0 Å². The molecule has 2 aromatic rings. The van der Waals surface area contributed by atoms with Crippen LogP contribution in [0.25, 0.3) is 0 Å². The molecule has 0 radical (unpaired) electrons. The van der Waals surface area contributed by atoms with Crippen molar-refractivity contribution in [2.75, 3.05) is 5.32 Å². The summed E-state index contributed by atoms with van der Waals surface area (Å²) in [6.07, 6.45) is 4.33. The first-order valence-corrected chi connectivity index (χ1v) is 7.97. The molecule has 0 saturated carbocycles. The summed E-state index contributed by atoms with van der Waals surface area (Å²) in [7, 11) is 0. The third kappa shape index (κ3) is 3.63. The molecule has 20 heavy (non-hydrogen) atoms. The van der Waals surface area contributed by atoms with Gasteiger partial charge in [0.25, 0.3) is 0 Å². The molecular weight excluding hydrogens is 314 g/mol. The number of hydrogen-bond acceptors (Lipinski definition) is 2. The Kier molecular flexibility index (Phi) is 5.24. The Hall–Kier alpha value is -1.29. The summed E-state index contributed by atoms with van der Waals surface area (Å²) in [6.45, 7) is 7.27. The van der Waals surface area contributed by atoms with Crippen molar-refractivity contribution in [3.63, 3.8) is 0 Å². The summed E-state index contributed by atoms with van der Waals surface area (Å²) in [5.74, 6) is 0. The van der Waals surface area contributed by atoms with Gasteiger partial charge in [-0.05, 0) is 49.6 Å². The van der Waals surface area contributed by atoms with Crippen molar-refractivity contribution in [1.82, 2.24) is 9.78 Å². The number of hydrogen-bond donors (Lipinski definition) is 1. The van der Waals surface area contributed by atoms with Gasteiger partial charge in [0.1, 0.15) is 0 Å². The highest BCUT2D eigenvalue weighted by molar-refractivity contribution is 9.10. The average Bonchev–Trinajstić information content (AvgIpc) is 2.90. The minimum Gasteiger partial charge on any atom is -0.379 e. The number of aryl methyl sites for hydroxylation is 1. The first-order valence-electron chi connectivity index (χ1n) is 7.18. The standard InChI is InChI=1S/C16H22BrN3/c1-4-15(5-2)20-9-8-14(19-20)11-18-13-6-7-16(17)12(3)10-13/h6-10,15,18H,4-5,11H2,1-3H3. The van der Waals surface area contributed by atoms with E-state index in [1.54, 1.807) is 0 Å². The number of nitrogens with zero attached hydrogens (tertiary/aromatic N) is 2. The fourth-order valence-corrected chi connectivity index (χ4v) is 2.53. The largest absolute Gasteiger partial charge is 0.379 e. The lowest BCUT2D eigenvalue weighted by molar-refractivity contribution is 0.426. The van der Waals surface area contributed by atoms with Gasteiger partial charge in [-0.2, -0.15) is 5.10 Å². The Balaban J connectivity index is 1.98. The van der Waals surface area contributed by atoms with E-state index in [0.29, 0.717) is 6.04 Å². The number of nitrogens with one attached hydrogen (secondary N) is 1. The zero-order valence-corrected chi connectivity index (χ0v) is 13.9. The van der Waals surface area contributed by atoms with Crippen LogP contribution in [-0.4, -0.2) is 9.78 Å². The molecule has 3 nitrogen and oxygen atoms in total. The lowest BCUT2D eigenvalue weighted by Crippen LogP contribution is -2.09. The van der Waals surface area contributed by atoms with E-state index in [2.05, 4.69) is 82.3 Å². The third-order valence-corrected chi connectivity index (χ3v) is 4.50. The van der Waals surface area contributed by atoms with Crippen molar-refractivity contribution in [3.05, 3.63) is 46.2 Å². The topological polar surface area (TPSA) is 29.9 Å². The first-order chi connectivity index (χ1) is 9.63. The smallest absolute Gasteiger partial charge is 0.0815 e. The molecule has 1 aromatic heterocycles. The molecule has 0 amide bonds. The van der Waals surface area contributed by atoms with Gasteiger partial charge in [0.2, 0.25) is 0 Å². The summed E-state index contributed by atoms with van der Waals surface area (Å²) in [6, 6.07) is 8.90. The van der Waals surface area contributed by atoms with Crippen LogP contribution in [0.5, 0.6) is 0 Å². The molecule has 1 heterocycles. The molecule has 0 unspecified atom stereocenters. The molecule has 4 heteroatoms. The summed E-state index contributed by atoms with van der Waals surface area (Å²) in [5, 5.41) is 8.07. The number of halogens is 1. The first kappa shape index (κ1) is 15.1. The second-order valence-corrected chi connectivity index (χ2v) is 5.93. The van der Waals surface area contributed by atoms with Crippen molar-refractivity contribution < 1.29 is 0 Å². The van der Waals surface area contributed by atoms with E-state index in [9.17, 15) is 0 Å². The SMILES string of the molecule is CCC(CC)n1ccc(CNc2ccc(Br)c(C)c2)n1. The Morgan fingerprint density at radius 1 is 1.25 bits per heavy atom. The molecule has 2 rings (SSSR count). The maximum absolute atomic E-state index is 4.65. The fourth-order valence-electron chi connectivity index (χ4n) is 2.29. The summed E-state index contributed by atoms with van der Waals surface area (Å²) in [4.78, 5) is 0. The molecule has 0 bridgehead atoms. The average molecular weight is 336 g/mol. The molecule has 0 aliphatic carbocycles. The predicted octanol–water partition coefficient (Wildman–Crippen LogP) is 4.93. The van der Waals surface area contributed by atoms with Crippen LogP contribution in [0.3, 0.4) is 0 Å². The number of anilines is 1. The fraction of sp³-hybridized carbons (Fsp3) is 0.438. The maximum Gasteiger partial charge on any atom is 0.0815 e. The highest BCUT2D eigenvalue weighted by Crippen LogP contribution is 2.20. The van der Waals surface area contributed by atoms with Gasteiger partial charge < -0.3 is 5.32 Å². The van der Waals surface area contributed by atoms with Crippen LogP contribution in [0.1, 0.15) is 44.0 Å². The van der Waals surface area contributed by atoms with Gasteiger partial charge in [0, 0.05) is 16.4 Å². The molecule has 0 fully saturated rings. The lowest BCUT2D eigenvalue weighted by Gasteiger charge is -2.12. The van der Waals surface area contributed by atoms with Crippen LogP contribution in [0.4, 0.5) is 5.69 Å². The molecule has 0 saturated heterocycles. The molecule has 0 aliphatic rings. The normalized spacial score (nSPS) is 11.1. The molecule has 1 N–H and O–H groups in total. The van der Waals surface area contributed by atoms with Crippen molar-refractivity contribution in [2.24, 2.45) is 0 Å². The molecule has 0 spiro atoms. The van der Waals surface area contributed by atoms with Crippen LogP contribution in [0.15, 0.2) is 34.9 Å². The predicted molar refractivity (Wildman–Crippen MR) is 88.1 cm³/mol. The Labute approximate surface area is 129 Å². The number of aromatic nitrogens is 2. The van der Waals surface area contributed by atoms with Crippen molar-refractivity contribution in [3.8, 4) is 0 Å². The van der Waals surface area contributed by atoms with Crippen LogP contribution in [0, 0.1) is 6.92 Å². The molecule has 108 valence electrons. The van der Waals surface area contributed by atoms with Gasteiger partial charge in [0.05, 0.1) is 18.3 Å². The van der Waals surface area contributed by atoms with Gasteiger partial charge >= 0.3 is 0 Å². The summed E-state index contributed by atoms with van der Waals surface area (Å²) < 4.78 is 3.23. The van der Waals surface area contributed by atoms with Crippen LogP contribution in [-0.2, 0) is 6.54 Å². The summed E-state index contributed by atoms with van der Waals surface area (Å²) in [5.41, 5.74) is 3.44. The molecular formula is C16H22BrN3. The molecule has 0 aliphatic heterocycles. The zero-order chi connectivity index (χ0) is 14.5. The Bertz CT molecular complexity index is 559. The van der Waals surface area contributed by atoms with Crippen LogP contribution >= 0.6 is 15.9 Å². The summed E-state index contributed by atoms with van der Waals surface area (Å²) >= 11 is 3.52. The number of benzene rings is 1. The van der Waals surface area contributed by atoms with Gasteiger partial charge in [-0.25, -0.2) is 0 Å². The van der Waals surface area contributed by atoms with Gasteiger partial charge in [-0.1, -0.05) is 29.8 Å².